The summed E-state index contributed by atoms with van der Waals surface area (Å²) in [6, 6.07) is 0.905. The van der Waals surface area contributed by atoms with Gasteiger partial charge < -0.3 is 15.4 Å². The molecule has 17 heavy (non-hydrogen) atoms. The van der Waals surface area contributed by atoms with Crippen molar-refractivity contribution in [2.24, 2.45) is 0 Å². The Bertz CT molecular complexity index is 246. The van der Waals surface area contributed by atoms with Gasteiger partial charge in [0.2, 0.25) is 5.91 Å². The molecule has 2 saturated carbocycles. The van der Waals surface area contributed by atoms with Crippen molar-refractivity contribution in [2.75, 3.05) is 13.2 Å². The maximum atomic E-state index is 11.7. The van der Waals surface area contributed by atoms with Gasteiger partial charge >= 0.3 is 0 Å². The van der Waals surface area contributed by atoms with Crippen molar-refractivity contribution >= 4 is 5.91 Å². The highest BCUT2D eigenvalue weighted by molar-refractivity contribution is 5.78. The number of hydrogen-bond donors (Lipinski definition) is 2. The van der Waals surface area contributed by atoms with Crippen LogP contribution in [0.2, 0.25) is 0 Å². The summed E-state index contributed by atoms with van der Waals surface area (Å²) in [4.78, 5) is 11.7. The molecule has 0 bridgehead atoms. The summed E-state index contributed by atoms with van der Waals surface area (Å²) in [5.41, 5.74) is 0. The fourth-order valence-corrected chi connectivity index (χ4v) is 2.70. The third-order valence-corrected chi connectivity index (χ3v) is 3.77. The minimum absolute atomic E-state index is 0.136. The van der Waals surface area contributed by atoms with Crippen LogP contribution < -0.4 is 10.6 Å². The Morgan fingerprint density at radius 3 is 2.59 bits per heavy atom. The lowest BCUT2D eigenvalue weighted by Crippen LogP contribution is -2.50. The van der Waals surface area contributed by atoms with Crippen molar-refractivity contribution in [1.29, 1.82) is 0 Å². The SMILES string of the molecule is CCOC1CC(NC(=O)CNC2CCCC2)C1. The summed E-state index contributed by atoms with van der Waals surface area (Å²) in [5.74, 6) is 0.136. The lowest BCUT2D eigenvalue weighted by Gasteiger charge is -2.35. The van der Waals surface area contributed by atoms with Gasteiger partial charge in [-0.2, -0.15) is 0 Å². The molecule has 2 rings (SSSR count). The molecular formula is C13H24N2O2. The van der Waals surface area contributed by atoms with Gasteiger partial charge in [-0.05, 0) is 32.6 Å². The highest BCUT2D eigenvalue weighted by atomic mass is 16.5. The standard InChI is InChI=1S/C13H24N2O2/c1-2-17-12-7-11(8-12)15-13(16)9-14-10-5-3-4-6-10/h10-12,14H,2-9H2,1H3,(H,15,16). The molecule has 0 radical (unpaired) electrons. The predicted octanol–water partition coefficient (Wildman–Crippen LogP) is 1.20. The second kappa shape index (κ2) is 6.36. The van der Waals surface area contributed by atoms with Gasteiger partial charge in [0.1, 0.15) is 0 Å². The number of carbonyl (C=O) groups excluding carboxylic acids is 1. The van der Waals surface area contributed by atoms with Crippen LogP contribution in [0.5, 0.6) is 0 Å². The van der Waals surface area contributed by atoms with E-state index < -0.39 is 0 Å². The Kier molecular flexibility index (Phi) is 4.80. The van der Waals surface area contributed by atoms with Crippen LogP contribution in [-0.2, 0) is 9.53 Å². The molecule has 2 N–H and O–H groups in total. The molecule has 0 aromatic rings. The van der Waals surface area contributed by atoms with Gasteiger partial charge in [0, 0.05) is 18.7 Å². The Labute approximate surface area is 103 Å². The van der Waals surface area contributed by atoms with Crippen LogP contribution in [0.15, 0.2) is 0 Å². The molecule has 4 heteroatoms. The molecule has 0 aromatic heterocycles. The molecule has 0 aliphatic heterocycles. The molecule has 2 aliphatic carbocycles. The summed E-state index contributed by atoms with van der Waals surface area (Å²) < 4.78 is 5.46. The fourth-order valence-electron chi connectivity index (χ4n) is 2.70. The van der Waals surface area contributed by atoms with Crippen molar-refractivity contribution in [3.8, 4) is 0 Å². The Balaban J connectivity index is 1.52. The van der Waals surface area contributed by atoms with Gasteiger partial charge in [0.25, 0.3) is 0 Å². The average molecular weight is 240 g/mol. The average Bonchev–Trinajstić information content (AvgIpc) is 2.76. The maximum absolute atomic E-state index is 11.7. The van der Waals surface area contributed by atoms with E-state index in [0.717, 1.165) is 19.4 Å². The van der Waals surface area contributed by atoms with E-state index >= 15 is 0 Å². The lowest BCUT2D eigenvalue weighted by atomic mass is 9.89. The Morgan fingerprint density at radius 1 is 1.24 bits per heavy atom. The monoisotopic (exact) mass is 240 g/mol. The Hall–Kier alpha value is -0.610. The van der Waals surface area contributed by atoms with Crippen LogP contribution in [0.25, 0.3) is 0 Å². The topological polar surface area (TPSA) is 50.4 Å². The number of rotatable bonds is 6. The van der Waals surface area contributed by atoms with E-state index in [1.165, 1.54) is 25.7 Å². The van der Waals surface area contributed by atoms with Crippen LogP contribution in [0, 0.1) is 0 Å². The third-order valence-electron chi connectivity index (χ3n) is 3.77. The van der Waals surface area contributed by atoms with Gasteiger partial charge in [-0.1, -0.05) is 12.8 Å². The largest absolute Gasteiger partial charge is 0.378 e. The molecule has 4 nitrogen and oxygen atoms in total. The number of hydrogen-bond acceptors (Lipinski definition) is 3. The molecular weight excluding hydrogens is 216 g/mol. The molecule has 2 fully saturated rings. The Morgan fingerprint density at radius 2 is 1.94 bits per heavy atom. The van der Waals surface area contributed by atoms with E-state index in [1.807, 2.05) is 6.92 Å². The smallest absolute Gasteiger partial charge is 0.234 e. The molecule has 0 saturated heterocycles. The van der Waals surface area contributed by atoms with E-state index in [2.05, 4.69) is 10.6 Å². The zero-order valence-corrected chi connectivity index (χ0v) is 10.7. The van der Waals surface area contributed by atoms with Gasteiger partial charge in [0.05, 0.1) is 12.6 Å². The number of carbonyl (C=O) groups is 1. The van der Waals surface area contributed by atoms with Crippen molar-refractivity contribution in [3.05, 3.63) is 0 Å². The summed E-state index contributed by atoms with van der Waals surface area (Å²) in [6.07, 6.45) is 7.38. The molecule has 1 amide bonds. The number of amides is 1. The van der Waals surface area contributed by atoms with Gasteiger partial charge in [-0.3, -0.25) is 4.79 Å². The summed E-state index contributed by atoms with van der Waals surface area (Å²) >= 11 is 0. The van der Waals surface area contributed by atoms with E-state index in [-0.39, 0.29) is 5.91 Å². The first-order valence-corrected chi connectivity index (χ1v) is 6.92. The molecule has 98 valence electrons. The summed E-state index contributed by atoms with van der Waals surface area (Å²) in [6.45, 7) is 3.26. The highest BCUT2D eigenvalue weighted by Gasteiger charge is 2.30. The zero-order valence-electron chi connectivity index (χ0n) is 10.7. The molecule has 0 aromatic carbocycles. The van der Waals surface area contributed by atoms with Gasteiger partial charge in [0.15, 0.2) is 0 Å². The summed E-state index contributed by atoms with van der Waals surface area (Å²) in [7, 11) is 0. The molecule has 0 unspecified atom stereocenters. The third kappa shape index (κ3) is 3.96. The molecule has 0 spiro atoms. The minimum Gasteiger partial charge on any atom is -0.378 e. The molecule has 2 aliphatic rings. The van der Waals surface area contributed by atoms with Crippen LogP contribution >= 0.6 is 0 Å². The zero-order chi connectivity index (χ0) is 12.1. The van der Waals surface area contributed by atoms with Crippen molar-refractivity contribution in [2.45, 2.75) is 63.6 Å². The normalized spacial score (nSPS) is 29.0. The van der Waals surface area contributed by atoms with E-state index in [4.69, 9.17) is 4.74 Å². The van der Waals surface area contributed by atoms with Crippen LogP contribution in [0.3, 0.4) is 0 Å². The van der Waals surface area contributed by atoms with Gasteiger partial charge in [-0.25, -0.2) is 0 Å². The highest BCUT2D eigenvalue weighted by Crippen LogP contribution is 2.23. The minimum atomic E-state index is 0.136. The fraction of sp³-hybridized carbons (Fsp3) is 0.923. The van der Waals surface area contributed by atoms with E-state index in [1.54, 1.807) is 0 Å². The second-order valence-corrected chi connectivity index (χ2v) is 5.18. The van der Waals surface area contributed by atoms with Crippen molar-refractivity contribution in [1.82, 2.24) is 10.6 Å². The van der Waals surface area contributed by atoms with Crippen LogP contribution in [0.4, 0.5) is 0 Å². The van der Waals surface area contributed by atoms with Crippen LogP contribution in [-0.4, -0.2) is 37.2 Å². The first-order chi connectivity index (χ1) is 8.28. The second-order valence-electron chi connectivity index (χ2n) is 5.18. The number of ether oxygens (including phenoxy) is 1. The summed E-state index contributed by atoms with van der Waals surface area (Å²) in [5, 5.41) is 6.38. The maximum Gasteiger partial charge on any atom is 0.234 e. The first kappa shape index (κ1) is 12.8. The van der Waals surface area contributed by atoms with Crippen molar-refractivity contribution in [3.63, 3.8) is 0 Å². The quantitative estimate of drug-likeness (QED) is 0.733. The van der Waals surface area contributed by atoms with Crippen LogP contribution in [0.1, 0.15) is 45.4 Å². The molecule has 0 atom stereocenters. The number of nitrogens with one attached hydrogen (secondary N) is 2. The molecule has 0 heterocycles. The van der Waals surface area contributed by atoms with Gasteiger partial charge in [-0.15, -0.1) is 0 Å². The van der Waals surface area contributed by atoms with Crippen molar-refractivity contribution < 1.29 is 9.53 Å². The van der Waals surface area contributed by atoms with E-state index in [0.29, 0.717) is 24.7 Å². The first-order valence-electron chi connectivity index (χ1n) is 6.92. The lowest BCUT2D eigenvalue weighted by molar-refractivity contribution is -0.122. The van der Waals surface area contributed by atoms with E-state index in [9.17, 15) is 4.79 Å². The predicted molar refractivity (Wildman–Crippen MR) is 66.8 cm³/mol.